The van der Waals surface area contributed by atoms with Crippen LogP contribution >= 0.6 is 31.7 Å². The van der Waals surface area contributed by atoms with E-state index in [4.69, 9.17) is 73.5 Å². The third-order valence-electron chi connectivity index (χ3n) is 13.0. The van der Waals surface area contributed by atoms with Crippen molar-refractivity contribution in [3.8, 4) is 0 Å². The van der Waals surface area contributed by atoms with Crippen LogP contribution in [0.2, 0.25) is 0 Å². The fourth-order valence-electron chi connectivity index (χ4n) is 9.27. The van der Waals surface area contributed by atoms with Crippen LogP contribution in [0.3, 0.4) is 0 Å². The van der Waals surface area contributed by atoms with Gasteiger partial charge in [0.1, 0.15) is 85.9 Å². The molecule has 4 fully saturated rings. The summed E-state index contributed by atoms with van der Waals surface area (Å²) in [6.07, 6.45) is -13.3. The van der Waals surface area contributed by atoms with Gasteiger partial charge in [0.15, 0.2) is 22.3 Å². The van der Waals surface area contributed by atoms with Crippen LogP contribution in [-0.2, 0) is 68.9 Å². The Morgan fingerprint density at radius 1 is 0.573 bits per heavy atom. The summed E-state index contributed by atoms with van der Waals surface area (Å²) in [5.41, 5.74) is 19.1. The number of nitrogens with one attached hydrogen (secondary N) is 2. The van der Waals surface area contributed by atoms with E-state index in [1.807, 2.05) is 0 Å². The maximum absolute atomic E-state index is 14.0. The lowest BCUT2D eigenvalue weighted by Crippen LogP contribution is -2.31. The minimum absolute atomic E-state index is 0.0548. The van der Waals surface area contributed by atoms with Crippen molar-refractivity contribution in [1.82, 2.24) is 58.1 Å². The van der Waals surface area contributed by atoms with Gasteiger partial charge in [-0.15, -0.1) is 9.42 Å². The summed E-state index contributed by atoms with van der Waals surface area (Å²) >= 11 is 0. The third kappa shape index (κ3) is 13.3. The molecule has 6 aromatic heterocycles. The normalized spacial score (nSPS) is 29.1. The first-order chi connectivity index (χ1) is 38.8. The van der Waals surface area contributed by atoms with Gasteiger partial charge < -0.3 is 61.7 Å². The van der Waals surface area contributed by atoms with E-state index in [9.17, 15) is 62.1 Å². The highest BCUT2D eigenvalue weighted by molar-refractivity contribution is 7.48. The SMILES string of the molecule is Nc1ccn([C@H]2C[C@H](OP(=O)(O)OC[C@H]3O[C@@H](n4cnc5c(=O)[nH]c(N)nc54)C[C@@H]3OP(=O)(O)OC[C@H]3O[C@@H](n4ccc(N)nc4=O)C[C@@H]3O)[C@@H](COP(=O)(O)O[C@H]3C[C@H](n4cnc5c(=O)[nH]c(N)nc54)O[C@@H]3CO[P+](=O)O)O2)c(=O)n1. The molecule has 10 rings (SSSR count). The molecule has 0 aliphatic carbocycles. The standard InChI is InChI=1S/C38H48N16O24P4/c39-23-1-3-51(37(58)45-23)25-5-15(55)19(72-25)10-69-80(62,63)78-18-8-28(54-14-44-30-32(54)48-36(42)50-34(30)57)75-22(18)12-71-82(66,67)77-17-6-26(52-4-2-24(40)46-38(52)59)74-21(17)11-70-81(64,65)76-16-7-27(73-20(16)9-68-79(60)61)53-13-43-29-31(53)47-35(41)49-33(29)56/h1-4,13-22,25-28,55H,5-12H2,(H13-,39,40,41,42,45,46,47,48,49,50,56,57,58,59,60,61,62,63,64,65,66,67)/p+1/t15-,16-,17-,18-,19+,20+,21+,22+,25+,26+,27+,28+/m0/s1. The average molecular weight is 1240 g/mol. The van der Waals surface area contributed by atoms with Crippen molar-refractivity contribution in [1.29, 1.82) is 0 Å². The van der Waals surface area contributed by atoms with Gasteiger partial charge in [0.2, 0.25) is 11.9 Å². The quantitative estimate of drug-likeness (QED) is 0.0321. The molecule has 0 radical (unpaired) electrons. The molecule has 15 N–H and O–H groups in total. The number of aromatic amines is 2. The maximum Gasteiger partial charge on any atom is 0.694 e. The number of anilines is 4. The molecule has 0 spiro atoms. The Labute approximate surface area is 455 Å². The van der Waals surface area contributed by atoms with Crippen LogP contribution in [-0.4, -0.2) is 158 Å². The lowest BCUT2D eigenvalue weighted by Gasteiger charge is -2.25. The van der Waals surface area contributed by atoms with E-state index in [1.165, 1.54) is 40.0 Å². The largest absolute Gasteiger partial charge is 0.694 e. The molecule has 0 aromatic carbocycles. The van der Waals surface area contributed by atoms with Crippen molar-refractivity contribution in [2.24, 2.45) is 0 Å². The van der Waals surface area contributed by atoms with Crippen LogP contribution in [0, 0.1) is 0 Å². The lowest BCUT2D eigenvalue weighted by atomic mass is 10.2. The minimum atomic E-state index is -5.43. The first kappa shape index (κ1) is 59.0. The number of aliphatic hydroxyl groups excluding tert-OH is 1. The van der Waals surface area contributed by atoms with Gasteiger partial charge >= 0.3 is 43.1 Å². The van der Waals surface area contributed by atoms with Crippen LogP contribution in [0.4, 0.5) is 23.5 Å². The zero-order valence-electron chi connectivity index (χ0n) is 41.6. The maximum atomic E-state index is 14.0. The van der Waals surface area contributed by atoms with Gasteiger partial charge in [0, 0.05) is 42.6 Å². The molecular weight excluding hydrogens is 1190 g/mol. The Kier molecular flexibility index (Phi) is 16.9. The van der Waals surface area contributed by atoms with Crippen molar-refractivity contribution >= 4 is 77.6 Å². The van der Waals surface area contributed by atoms with Gasteiger partial charge in [0.25, 0.3) is 11.1 Å². The zero-order valence-corrected chi connectivity index (χ0v) is 45.2. The van der Waals surface area contributed by atoms with Crippen molar-refractivity contribution in [2.75, 3.05) is 49.4 Å². The number of fused-ring (bicyclic) bond motifs is 2. The smallest absolute Gasteiger partial charge is 0.390 e. The topological polar surface area (TPSA) is 572 Å². The second kappa shape index (κ2) is 23.5. The summed E-state index contributed by atoms with van der Waals surface area (Å²) < 4.78 is 118. The van der Waals surface area contributed by atoms with Crippen LogP contribution in [0.5, 0.6) is 0 Å². The number of hydrogen-bond acceptors (Lipinski definition) is 30. The molecule has 82 heavy (non-hydrogen) atoms. The van der Waals surface area contributed by atoms with Crippen LogP contribution in [0.25, 0.3) is 22.3 Å². The molecule has 44 heteroatoms. The highest BCUT2D eigenvalue weighted by Crippen LogP contribution is 2.54. The van der Waals surface area contributed by atoms with Crippen molar-refractivity contribution in [2.45, 2.75) is 99.4 Å². The van der Waals surface area contributed by atoms with Crippen molar-refractivity contribution in [3.63, 3.8) is 0 Å². The molecule has 0 saturated carbocycles. The number of imidazole rings is 2. The summed E-state index contributed by atoms with van der Waals surface area (Å²) in [5.74, 6) is -0.845. The zero-order chi connectivity index (χ0) is 58.6. The van der Waals surface area contributed by atoms with E-state index in [1.54, 1.807) is 0 Å². The molecule has 10 heterocycles. The Balaban J connectivity index is 0.837. The van der Waals surface area contributed by atoms with Crippen molar-refractivity contribution in [3.05, 3.63) is 78.9 Å². The molecule has 40 nitrogen and oxygen atoms in total. The molecule has 4 aliphatic rings. The fourth-order valence-corrected chi connectivity index (χ4v) is 12.4. The van der Waals surface area contributed by atoms with E-state index in [2.05, 4.69) is 39.9 Å². The molecular formula is C38H49N16O24P4+. The Bertz CT molecular complexity index is 3790. The summed E-state index contributed by atoms with van der Waals surface area (Å²) in [6, 6.07) is 2.54. The molecule has 16 atom stereocenters. The molecule has 6 aromatic rings. The minimum Gasteiger partial charge on any atom is -0.390 e. The predicted octanol–water partition coefficient (Wildman–Crippen LogP) is -2.22. The van der Waals surface area contributed by atoms with Gasteiger partial charge in [-0.05, 0) is 12.1 Å². The molecule has 4 aliphatic heterocycles. The number of nitrogens with two attached hydrogens (primary N) is 4. The van der Waals surface area contributed by atoms with Crippen LogP contribution < -0.4 is 45.4 Å². The molecule has 444 valence electrons. The molecule has 0 bridgehead atoms. The Hall–Kier alpha value is -6.19. The second-order valence-electron chi connectivity index (χ2n) is 18.4. The Morgan fingerprint density at radius 3 is 1.34 bits per heavy atom. The van der Waals surface area contributed by atoms with E-state index < -0.39 is 167 Å². The predicted molar refractivity (Wildman–Crippen MR) is 269 cm³/mol. The molecule has 4 unspecified atom stereocenters. The molecule has 0 amide bonds. The summed E-state index contributed by atoms with van der Waals surface area (Å²) in [6.45, 7) is -3.42. The average Bonchev–Trinajstić information content (AvgIpc) is 4.45. The first-order valence-corrected chi connectivity index (χ1v) is 29.6. The number of phosphoric acid groups is 3. The van der Waals surface area contributed by atoms with Crippen molar-refractivity contribution < 1.29 is 93.6 Å². The number of rotatable bonds is 22. The summed E-state index contributed by atoms with van der Waals surface area (Å²) in [4.78, 5) is 121. The number of aliphatic hydroxyl groups is 1. The van der Waals surface area contributed by atoms with E-state index in [-0.39, 0.29) is 58.7 Å². The van der Waals surface area contributed by atoms with E-state index in [0.29, 0.717) is 0 Å². The lowest BCUT2D eigenvalue weighted by molar-refractivity contribution is -0.0626. The number of H-pyrrole nitrogens is 2. The van der Waals surface area contributed by atoms with Gasteiger partial charge in [-0.2, -0.15) is 19.9 Å². The van der Waals surface area contributed by atoms with Crippen LogP contribution in [0.15, 0.2) is 56.4 Å². The number of aromatic nitrogens is 12. The number of ether oxygens (including phenoxy) is 4. The van der Waals surface area contributed by atoms with Gasteiger partial charge in [-0.1, -0.05) is 0 Å². The highest BCUT2D eigenvalue weighted by Gasteiger charge is 2.49. The van der Waals surface area contributed by atoms with Crippen LogP contribution in [0.1, 0.15) is 50.6 Å². The number of hydrogen-bond donors (Lipinski definition) is 11. The van der Waals surface area contributed by atoms with E-state index in [0.717, 1.165) is 15.5 Å². The Morgan fingerprint density at radius 2 is 0.939 bits per heavy atom. The number of nitrogen functional groups attached to an aromatic ring is 4. The summed E-state index contributed by atoms with van der Waals surface area (Å²) in [7, 11) is -19.2. The summed E-state index contributed by atoms with van der Waals surface area (Å²) in [5, 5.41) is 10.7. The highest BCUT2D eigenvalue weighted by atomic mass is 31.2. The second-order valence-corrected chi connectivity index (χ2v) is 23.4. The number of phosphoric ester groups is 3. The third-order valence-corrected chi connectivity index (χ3v) is 16.4. The fraction of sp³-hybridized carbons (Fsp3) is 0.526. The monoisotopic (exact) mass is 1240 g/mol. The van der Waals surface area contributed by atoms with Gasteiger partial charge in [-0.3, -0.25) is 65.0 Å². The van der Waals surface area contributed by atoms with E-state index >= 15 is 0 Å². The molecule has 4 saturated heterocycles. The van der Waals surface area contributed by atoms with Gasteiger partial charge in [-0.25, -0.2) is 33.3 Å². The van der Waals surface area contributed by atoms with Gasteiger partial charge in [0.05, 0.1) is 38.6 Å². The number of nitrogens with zero attached hydrogens (tertiary/aromatic N) is 10. The first-order valence-electron chi connectivity index (χ1n) is 24.0.